The lowest BCUT2D eigenvalue weighted by molar-refractivity contribution is 1.13. The number of hydrogen-bond acceptors (Lipinski definition) is 1. The molecule has 84 valence electrons. The first-order valence-corrected chi connectivity index (χ1v) is 5.94. The molecular weight excluding hydrogens is 206 g/mol. The van der Waals surface area contributed by atoms with E-state index in [4.69, 9.17) is 0 Å². The zero-order valence-electron chi connectivity index (χ0n) is 9.90. The predicted molar refractivity (Wildman–Crippen MR) is 73.8 cm³/mol. The average Bonchev–Trinajstić information content (AvgIpc) is 2.36. The van der Waals surface area contributed by atoms with Gasteiger partial charge in [0.2, 0.25) is 0 Å². The molecule has 1 nitrogen and oxygen atoms in total. The van der Waals surface area contributed by atoms with Crippen molar-refractivity contribution in [1.29, 1.82) is 0 Å². The number of benzene rings is 2. The van der Waals surface area contributed by atoms with Gasteiger partial charge in [0.05, 0.1) is 0 Å². The van der Waals surface area contributed by atoms with Crippen LogP contribution in [-0.4, -0.2) is 0 Å². The fourth-order valence-electron chi connectivity index (χ4n) is 2.34. The second kappa shape index (κ2) is 4.10. The molecule has 0 saturated heterocycles. The van der Waals surface area contributed by atoms with Crippen molar-refractivity contribution < 1.29 is 0 Å². The van der Waals surface area contributed by atoms with Gasteiger partial charge in [0.25, 0.3) is 0 Å². The molecule has 0 spiro atoms. The van der Waals surface area contributed by atoms with Crippen molar-refractivity contribution in [2.45, 2.75) is 13.5 Å². The molecule has 1 heterocycles. The van der Waals surface area contributed by atoms with E-state index in [-0.39, 0.29) is 0 Å². The zero-order chi connectivity index (χ0) is 11.7. The van der Waals surface area contributed by atoms with Crippen molar-refractivity contribution in [3.63, 3.8) is 0 Å². The summed E-state index contributed by atoms with van der Waals surface area (Å²) >= 11 is 0. The van der Waals surface area contributed by atoms with E-state index in [1.54, 1.807) is 0 Å². The number of allylic oxidation sites excluding steroid dienone is 1. The smallest absolute Gasteiger partial charge is 0.0416 e. The minimum Gasteiger partial charge on any atom is -0.380 e. The van der Waals surface area contributed by atoms with E-state index >= 15 is 0 Å². The number of fused-ring (bicyclic) bond motifs is 2. The highest BCUT2D eigenvalue weighted by molar-refractivity contribution is 5.86. The lowest BCUT2D eigenvalue weighted by atomic mass is 9.96. The van der Waals surface area contributed by atoms with Gasteiger partial charge in [0.1, 0.15) is 0 Å². The van der Waals surface area contributed by atoms with Crippen LogP contribution < -0.4 is 5.32 Å². The number of hydrogen-bond donors (Lipinski definition) is 1. The van der Waals surface area contributed by atoms with Gasteiger partial charge in [-0.2, -0.15) is 0 Å². The Balaban J connectivity index is 2.18. The molecule has 2 aromatic rings. The minimum absolute atomic E-state index is 0.887. The highest BCUT2D eigenvalue weighted by Crippen LogP contribution is 2.28. The van der Waals surface area contributed by atoms with Crippen LogP contribution in [-0.2, 0) is 6.54 Å². The van der Waals surface area contributed by atoms with E-state index in [2.05, 4.69) is 66.8 Å². The summed E-state index contributed by atoms with van der Waals surface area (Å²) in [6.07, 6.45) is 2.25. The largest absolute Gasteiger partial charge is 0.380 e. The van der Waals surface area contributed by atoms with Gasteiger partial charge in [-0.25, -0.2) is 0 Å². The highest BCUT2D eigenvalue weighted by Gasteiger charge is 2.08. The van der Waals surface area contributed by atoms with Crippen molar-refractivity contribution in [3.05, 3.63) is 65.2 Å². The third-order valence-corrected chi connectivity index (χ3v) is 3.24. The Morgan fingerprint density at radius 1 is 0.941 bits per heavy atom. The summed E-state index contributed by atoms with van der Waals surface area (Å²) in [5.41, 5.74) is 6.50. The summed E-state index contributed by atoms with van der Waals surface area (Å²) in [7, 11) is 0. The molecule has 0 radical (unpaired) electrons. The molecule has 0 aliphatic carbocycles. The molecule has 1 heteroatoms. The number of para-hydroxylation sites is 1. The van der Waals surface area contributed by atoms with Crippen LogP contribution in [0.2, 0.25) is 0 Å². The maximum absolute atomic E-state index is 3.50. The first-order chi connectivity index (χ1) is 8.34. The predicted octanol–water partition coefficient (Wildman–Crippen LogP) is 4.17. The fraction of sp³-hybridized carbons (Fsp3) is 0.125. The maximum Gasteiger partial charge on any atom is 0.0416 e. The first kappa shape index (κ1) is 10.2. The molecule has 1 aliphatic rings. The van der Waals surface area contributed by atoms with Gasteiger partial charge < -0.3 is 5.32 Å². The normalized spacial score (nSPS) is 16.6. The van der Waals surface area contributed by atoms with E-state index in [1.165, 1.54) is 28.0 Å². The summed E-state index contributed by atoms with van der Waals surface area (Å²) in [6.45, 7) is 3.07. The topological polar surface area (TPSA) is 12.0 Å². The Hall–Kier alpha value is -2.02. The lowest BCUT2D eigenvalue weighted by Crippen LogP contribution is -2.05. The summed E-state index contributed by atoms with van der Waals surface area (Å²) < 4.78 is 0. The molecule has 0 unspecified atom stereocenters. The third-order valence-electron chi connectivity index (χ3n) is 3.24. The van der Waals surface area contributed by atoms with Crippen LogP contribution in [0.15, 0.2) is 48.5 Å². The summed E-state index contributed by atoms with van der Waals surface area (Å²) in [6, 6.07) is 17.0. The molecule has 17 heavy (non-hydrogen) atoms. The van der Waals surface area contributed by atoms with E-state index in [9.17, 15) is 0 Å². The van der Waals surface area contributed by atoms with Crippen LogP contribution in [0.3, 0.4) is 0 Å². The van der Waals surface area contributed by atoms with Crippen LogP contribution in [0.25, 0.3) is 11.6 Å². The standard InChI is InChI=1S/C16H15N/c1-12-10-13-6-3-5-9-16(13)17-11-14-7-2-4-8-15(12)14/h2-10,17H,11H2,1H3/b12-10-. The molecule has 0 aromatic heterocycles. The summed E-state index contributed by atoms with van der Waals surface area (Å²) in [4.78, 5) is 0. The Kier molecular flexibility index (Phi) is 2.45. The number of anilines is 1. The van der Waals surface area contributed by atoms with E-state index in [0.29, 0.717) is 0 Å². The van der Waals surface area contributed by atoms with Gasteiger partial charge in [-0.15, -0.1) is 0 Å². The fourth-order valence-corrected chi connectivity index (χ4v) is 2.34. The SMILES string of the molecule is C/C1=C/c2ccccc2NCc2ccccc21. The van der Waals surface area contributed by atoms with Gasteiger partial charge >= 0.3 is 0 Å². The summed E-state index contributed by atoms with van der Waals surface area (Å²) in [5, 5.41) is 3.50. The first-order valence-electron chi connectivity index (χ1n) is 5.94. The monoisotopic (exact) mass is 221 g/mol. The van der Waals surface area contributed by atoms with Crippen LogP contribution in [0.4, 0.5) is 5.69 Å². The van der Waals surface area contributed by atoms with E-state index < -0.39 is 0 Å². The average molecular weight is 221 g/mol. The van der Waals surface area contributed by atoms with Crippen LogP contribution in [0, 0.1) is 0 Å². The maximum atomic E-state index is 3.50. The molecule has 0 fully saturated rings. The van der Waals surface area contributed by atoms with Crippen LogP contribution in [0.5, 0.6) is 0 Å². The Bertz CT molecular complexity index is 582. The molecule has 1 aliphatic heterocycles. The second-order valence-corrected chi connectivity index (χ2v) is 4.43. The van der Waals surface area contributed by atoms with Gasteiger partial charge in [0.15, 0.2) is 0 Å². The number of rotatable bonds is 0. The van der Waals surface area contributed by atoms with Gasteiger partial charge in [-0.3, -0.25) is 0 Å². The minimum atomic E-state index is 0.887. The molecule has 0 amide bonds. The van der Waals surface area contributed by atoms with Crippen molar-refractivity contribution in [1.82, 2.24) is 0 Å². The van der Waals surface area contributed by atoms with E-state index in [0.717, 1.165) is 6.54 Å². The third kappa shape index (κ3) is 1.84. The van der Waals surface area contributed by atoms with Crippen LogP contribution in [0.1, 0.15) is 23.6 Å². The number of nitrogens with one attached hydrogen (secondary N) is 1. The van der Waals surface area contributed by atoms with Crippen molar-refractivity contribution in [3.8, 4) is 0 Å². The van der Waals surface area contributed by atoms with Crippen molar-refractivity contribution >= 4 is 17.3 Å². The van der Waals surface area contributed by atoms with E-state index in [1.807, 2.05) is 0 Å². The van der Waals surface area contributed by atoms with Gasteiger partial charge in [0, 0.05) is 12.2 Å². The molecule has 2 aromatic carbocycles. The summed E-state index contributed by atoms with van der Waals surface area (Å²) in [5.74, 6) is 0. The van der Waals surface area contributed by atoms with Crippen molar-refractivity contribution in [2.75, 3.05) is 5.32 Å². The molecular formula is C16H15N. The Morgan fingerprint density at radius 3 is 2.65 bits per heavy atom. The molecule has 0 bridgehead atoms. The molecule has 0 atom stereocenters. The second-order valence-electron chi connectivity index (χ2n) is 4.43. The highest BCUT2D eigenvalue weighted by atomic mass is 14.9. The van der Waals surface area contributed by atoms with Crippen molar-refractivity contribution in [2.24, 2.45) is 0 Å². The quantitative estimate of drug-likeness (QED) is 0.704. The Labute approximate surface area is 102 Å². The Morgan fingerprint density at radius 2 is 1.71 bits per heavy atom. The molecule has 0 saturated carbocycles. The zero-order valence-corrected chi connectivity index (χ0v) is 9.90. The molecule has 1 N–H and O–H groups in total. The lowest BCUT2D eigenvalue weighted by Gasteiger charge is -2.17. The van der Waals surface area contributed by atoms with Crippen LogP contribution >= 0.6 is 0 Å². The molecule has 3 rings (SSSR count). The van der Waals surface area contributed by atoms with Gasteiger partial charge in [-0.05, 0) is 41.3 Å². The van der Waals surface area contributed by atoms with Gasteiger partial charge in [-0.1, -0.05) is 42.5 Å².